The number of hydrogen-bond donors (Lipinski definition) is 1. The van der Waals surface area contributed by atoms with Gasteiger partial charge in [0.2, 0.25) is 0 Å². The Morgan fingerprint density at radius 2 is 2.10 bits per heavy atom. The molecule has 0 aliphatic heterocycles. The number of hydrogen-bond acceptors (Lipinski definition) is 3. The van der Waals surface area contributed by atoms with Crippen molar-refractivity contribution in [3.63, 3.8) is 0 Å². The summed E-state index contributed by atoms with van der Waals surface area (Å²) >= 11 is 1.80. The Kier molecular flexibility index (Phi) is 5.26. The Labute approximate surface area is 125 Å². The molecule has 2 aromatic rings. The molecule has 1 unspecified atom stereocenters. The Morgan fingerprint density at radius 1 is 1.35 bits per heavy atom. The van der Waals surface area contributed by atoms with Crippen LogP contribution in [-0.4, -0.2) is 23.1 Å². The van der Waals surface area contributed by atoms with Gasteiger partial charge in [0.15, 0.2) is 0 Å². The number of aromatic nitrogens is 2. The largest absolute Gasteiger partial charge is 0.313 e. The predicted octanol–water partition coefficient (Wildman–Crippen LogP) is 3.21. The van der Waals surface area contributed by atoms with Crippen molar-refractivity contribution >= 4 is 11.8 Å². The highest BCUT2D eigenvalue weighted by molar-refractivity contribution is 7.98. The number of benzene rings is 1. The van der Waals surface area contributed by atoms with Gasteiger partial charge in [0, 0.05) is 30.1 Å². The molecular formula is C16H23N3S. The molecule has 0 bridgehead atoms. The minimum absolute atomic E-state index is 0.318. The Bertz CT molecular complexity index is 563. The van der Waals surface area contributed by atoms with Crippen LogP contribution >= 0.6 is 11.8 Å². The molecule has 3 nitrogen and oxygen atoms in total. The second-order valence-corrected chi connectivity index (χ2v) is 5.74. The molecule has 0 aliphatic rings. The van der Waals surface area contributed by atoms with E-state index in [2.05, 4.69) is 53.9 Å². The maximum atomic E-state index is 4.54. The lowest BCUT2D eigenvalue weighted by atomic mass is 10.0. The van der Waals surface area contributed by atoms with Gasteiger partial charge >= 0.3 is 0 Å². The molecule has 1 atom stereocenters. The third-order valence-corrected chi connectivity index (χ3v) is 4.48. The SMILES string of the molecule is CCc1cc(CC(NC)c2ccccc2SC)n(C)n1. The summed E-state index contributed by atoms with van der Waals surface area (Å²) in [4.78, 5) is 1.34. The van der Waals surface area contributed by atoms with Crippen LogP contribution in [-0.2, 0) is 19.9 Å². The highest BCUT2D eigenvalue weighted by Crippen LogP contribution is 2.27. The molecule has 0 spiro atoms. The van der Waals surface area contributed by atoms with Crippen LogP contribution in [0.1, 0.15) is 29.9 Å². The van der Waals surface area contributed by atoms with Gasteiger partial charge in [-0.15, -0.1) is 11.8 Å². The van der Waals surface area contributed by atoms with Gasteiger partial charge in [0.05, 0.1) is 5.69 Å². The van der Waals surface area contributed by atoms with Crippen molar-refractivity contribution in [1.82, 2.24) is 15.1 Å². The van der Waals surface area contributed by atoms with E-state index in [0.29, 0.717) is 6.04 Å². The van der Waals surface area contributed by atoms with E-state index >= 15 is 0 Å². The number of rotatable bonds is 6. The molecule has 2 rings (SSSR count). The Hall–Kier alpha value is -1.26. The van der Waals surface area contributed by atoms with E-state index in [1.54, 1.807) is 11.8 Å². The normalized spacial score (nSPS) is 12.6. The van der Waals surface area contributed by atoms with Crippen LogP contribution in [0.15, 0.2) is 35.2 Å². The number of nitrogens with one attached hydrogen (secondary N) is 1. The van der Waals surface area contributed by atoms with E-state index in [0.717, 1.165) is 18.5 Å². The van der Waals surface area contributed by atoms with Crippen LogP contribution in [0.25, 0.3) is 0 Å². The number of likely N-dealkylation sites (N-methyl/N-ethyl adjacent to an activating group) is 1. The molecule has 1 N–H and O–H groups in total. The third-order valence-electron chi connectivity index (χ3n) is 3.67. The monoisotopic (exact) mass is 289 g/mol. The molecule has 0 fully saturated rings. The zero-order valence-electron chi connectivity index (χ0n) is 12.7. The molecule has 0 amide bonds. The van der Waals surface area contributed by atoms with Gasteiger partial charge < -0.3 is 5.32 Å². The molecule has 0 saturated heterocycles. The first-order valence-corrected chi connectivity index (χ1v) is 8.24. The molecule has 1 aromatic carbocycles. The average molecular weight is 289 g/mol. The van der Waals surface area contributed by atoms with Gasteiger partial charge in [-0.2, -0.15) is 5.10 Å². The van der Waals surface area contributed by atoms with Crippen LogP contribution in [0.4, 0.5) is 0 Å². The van der Waals surface area contributed by atoms with Gasteiger partial charge in [0.25, 0.3) is 0 Å². The molecule has 1 aromatic heterocycles. The molecule has 0 saturated carbocycles. The molecule has 1 heterocycles. The summed E-state index contributed by atoms with van der Waals surface area (Å²) in [6.45, 7) is 2.14. The van der Waals surface area contributed by atoms with Gasteiger partial charge in [-0.1, -0.05) is 25.1 Å². The van der Waals surface area contributed by atoms with Crippen LogP contribution in [0, 0.1) is 0 Å². The van der Waals surface area contributed by atoms with Crippen molar-refractivity contribution in [3.05, 3.63) is 47.3 Å². The zero-order valence-corrected chi connectivity index (χ0v) is 13.5. The zero-order chi connectivity index (χ0) is 14.5. The van der Waals surface area contributed by atoms with Crippen molar-refractivity contribution in [2.45, 2.75) is 30.7 Å². The van der Waals surface area contributed by atoms with Crippen molar-refractivity contribution in [1.29, 1.82) is 0 Å². The molecule has 0 aliphatic carbocycles. The summed E-state index contributed by atoms with van der Waals surface area (Å²) in [7, 11) is 4.06. The highest BCUT2D eigenvalue weighted by Gasteiger charge is 2.16. The van der Waals surface area contributed by atoms with Crippen LogP contribution in [0.3, 0.4) is 0 Å². The molecule has 20 heavy (non-hydrogen) atoms. The van der Waals surface area contributed by atoms with Gasteiger partial charge in [-0.25, -0.2) is 0 Å². The molecule has 0 radical (unpaired) electrons. The fraction of sp³-hybridized carbons (Fsp3) is 0.438. The topological polar surface area (TPSA) is 29.9 Å². The quantitative estimate of drug-likeness (QED) is 0.828. The second kappa shape index (κ2) is 6.95. The van der Waals surface area contributed by atoms with Crippen LogP contribution in [0.2, 0.25) is 0 Å². The van der Waals surface area contributed by atoms with Crippen LogP contribution in [0.5, 0.6) is 0 Å². The smallest absolute Gasteiger partial charge is 0.0624 e. The summed E-state index contributed by atoms with van der Waals surface area (Å²) in [5, 5.41) is 7.98. The molecule has 4 heteroatoms. The standard InChI is InChI=1S/C16H23N3S/c1-5-12-10-13(19(3)18-12)11-15(17-2)14-8-6-7-9-16(14)20-4/h6-10,15,17H,5,11H2,1-4H3. The van der Waals surface area contributed by atoms with Crippen molar-refractivity contribution in [3.8, 4) is 0 Å². The molecule has 108 valence electrons. The van der Waals surface area contributed by atoms with Gasteiger partial charge in [0.1, 0.15) is 0 Å². The molecular weight excluding hydrogens is 266 g/mol. The Balaban J connectivity index is 2.26. The lowest BCUT2D eigenvalue weighted by molar-refractivity contribution is 0.554. The van der Waals surface area contributed by atoms with E-state index < -0.39 is 0 Å². The lowest BCUT2D eigenvalue weighted by Gasteiger charge is -2.19. The van der Waals surface area contributed by atoms with E-state index in [9.17, 15) is 0 Å². The maximum Gasteiger partial charge on any atom is 0.0624 e. The lowest BCUT2D eigenvalue weighted by Crippen LogP contribution is -2.20. The van der Waals surface area contributed by atoms with E-state index in [1.165, 1.54) is 16.2 Å². The summed E-state index contributed by atoms with van der Waals surface area (Å²) in [6, 6.07) is 11.1. The van der Waals surface area contributed by atoms with E-state index in [1.807, 2.05) is 18.8 Å². The third kappa shape index (κ3) is 3.25. The van der Waals surface area contributed by atoms with Gasteiger partial charge in [-0.3, -0.25) is 4.68 Å². The first-order chi connectivity index (χ1) is 9.69. The van der Waals surface area contributed by atoms with E-state index in [4.69, 9.17) is 0 Å². The number of thioether (sulfide) groups is 1. The van der Waals surface area contributed by atoms with Crippen molar-refractivity contribution in [2.24, 2.45) is 7.05 Å². The van der Waals surface area contributed by atoms with Crippen LogP contribution < -0.4 is 5.32 Å². The minimum atomic E-state index is 0.318. The average Bonchev–Trinajstić information content (AvgIpc) is 2.85. The first kappa shape index (κ1) is 15.1. The number of nitrogens with zero attached hydrogens (tertiary/aromatic N) is 2. The summed E-state index contributed by atoms with van der Waals surface area (Å²) < 4.78 is 2.00. The fourth-order valence-electron chi connectivity index (χ4n) is 2.47. The maximum absolute atomic E-state index is 4.54. The predicted molar refractivity (Wildman–Crippen MR) is 86.3 cm³/mol. The summed E-state index contributed by atoms with van der Waals surface area (Å²) in [5.41, 5.74) is 3.80. The summed E-state index contributed by atoms with van der Waals surface area (Å²) in [6.07, 6.45) is 4.07. The van der Waals surface area contributed by atoms with Crippen molar-refractivity contribution < 1.29 is 0 Å². The van der Waals surface area contributed by atoms with E-state index in [-0.39, 0.29) is 0 Å². The highest BCUT2D eigenvalue weighted by atomic mass is 32.2. The fourth-order valence-corrected chi connectivity index (χ4v) is 3.13. The minimum Gasteiger partial charge on any atom is -0.313 e. The first-order valence-electron chi connectivity index (χ1n) is 7.01. The van der Waals surface area contributed by atoms with Gasteiger partial charge in [-0.05, 0) is 37.4 Å². The number of aryl methyl sites for hydroxylation is 2. The second-order valence-electron chi connectivity index (χ2n) is 4.89. The summed E-state index contributed by atoms with van der Waals surface area (Å²) in [5.74, 6) is 0. The van der Waals surface area contributed by atoms with Crippen molar-refractivity contribution in [2.75, 3.05) is 13.3 Å². The Morgan fingerprint density at radius 3 is 2.70 bits per heavy atom.